The first-order valence-corrected chi connectivity index (χ1v) is 10.4. The summed E-state index contributed by atoms with van der Waals surface area (Å²) in [5, 5.41) is 5.17. The second-order valence-electron chi connectivity index (χ2n) is 6.33. The van der Waals surface area contributed by atoms with Crippen LogP contribution in [-0.4, -0.2) is 17.3 Å². The summed E-state index contributed by atoms with van der Waals surface area (Å²) in [4.78, 5) is 4.47. The van der Waals surface area contributed by atoms with E-state index in [4.69, 9.17) is 37.2 Å². The lowest BCUT2D eigenvalue weighted by Crippen LogP contribution is -1.96. The quantitative estimate of drug-likeness (QED) is 0.280. The topological polar surface area (TPSA) is 57.4 Å². The maximum Gasteiger partial charge on any atom is 0.258 e. The summed E-state index contributed by atoms with van der Waals surface area (Å²) in [7, 11) is 1.58. The van der Waals surface area contributed by atoms with E-state index in [2.05, 4.69) is 26.1 Å². The van der Waals surface area contributed by atoms with Crippen molar-refractivity contribution in [3.63, 3.8) is 0 Å². The second-order valence-corrected chi connectivity index (χ2v) is 8.09. The van der Waals surface area contributed by atoms with Gasteiger partial charge in [0, 0.05) is 15.1 Å². The van der Waals surface area contributed by atoms with E-state index in [-0.39, 0.29) is 0 Å². The molecule has 0 spiro atoms. The third-order valence-corrected chi connectivity index (χ3v) is 5.34. The molecule has 0 amide bonds. The van der Waals surface area contributed by atoms with Crippen LogP contribution < -0.4 is 9.47 Å². The van der Waals surface area contributed by atoms with Crippen molar-refractivity contribution in [1.29, 1.82) is 0 Å². The molecule has 5 nitrogen and oxygen atoms in total. The number of hydrogen-bond acceptors (Lipinski definition) is 5. The average molecular weight is 506 g/mol. The average Bonchev–Trinajstić information content (AvgIpc) is 3.23. The third kappa shape index (κ3) is 4.61. The van der Waals surface area contributed by atoms with Crippen molar-refractivity contribution >= 4 is 39.1 Å². The fraction of sp³-hybridized carbons (Fsp3) is 0.0909. The monoisotopic (exact) mass is 504 g/mol. The molecule has 0 aliphatic heterocycles. The Morgan fingerprint density at radius 3 is 2.47 bits per heavy atom. The molecule has 0 fully saturated rings. The number of benzene rings is 3. The highest BCUT2D eigenvalue weighted by atomic mass is 79.9. The van der Waals surface area contributed by atoms with Gasteiger partial charge in [0.25, 0.3) is 5.89 Å². The zero-order valence-corrected chi connectivity index (χ0v) is 18.8. The molecule has 0 saturated heterocycles. The smallest absolute Gasteiger partial charge is 0.258 e. The molecule has 4 aromatic rings. The molecule has 0 N–H and O–H groups in total. The van der Waals surface area contributed by atoms with Crippen LogP contribution in [0.1, 0.15) is 5.56 Å². The van der Waals surface area contributed by atoms with Gasteiger partial charge in [-0.25, -0.2) is 0 Å². The van der Waals surface area contributed by atoms with Crippen LogP contribution in [0.5, 0.6) is 11.5 Å². The summed E-state index contributed by atoms with van der Waals surface area (Å²) in [6, 6.07) is 18.4. The van der Waals surface area contributed by atoms with Gasteiger partial charge in [-0.15, -0.1) is 0 Å². The van der Waals surface area contributed by atoms with Crippen molar-refractivity contribution in [2.45, 2.75) is 6.61 Å². The zero-order chi connectivity index (χ0) is 21.1. The maximum absolute atomic E-state index is 6.19. The highest BCUT2D eigenvalue weighted by Gasteiger charge is 2.15. The number of aromatic nitrogens is 2. The Morgan fingerprint density at radius 1 is 0.967 bits per heavy atom. The Kier molecular flexibility index (Phi) is 6.27. The molecule has 4 rings (SSSR count). The summed E-state index contributed by atoms with van der Waals surface area (Å²) >= 11 is 15.7. The van der Waals surface area contributed by atoms with E-state index in [0.717, 1.165) is 15.6 Å². The highest BCUT2D eigenvalue weighted by molar-refractivity contribution is 9.10. The molecule has 0 bridgehead atoms. The fourth-order valence-electron chi connectivity index (χ4n) is 2.80. The van der Waals surface area contributed by atoms with Crippen molar-refractivity contribution in [2.75, 3.05) is 7.11 Å². The highest BCUT2D eigenvalue weighted by Crippen LogP contribution is 2.32. The fourth-order valence-corrected chi connectivity index (χ4v) is 3.70. The third-order valence-electron chi connectivity index (χ3n) is 4.32. The molecule has 0 atom stereocenters. The van der Waals surface area contributed by atoms with E-state index in [1.54, 1.807) is 31.4 Å². The van der Waals surface area contributed by atoms with Crippen molar-refractivity contribution in [2.24, 2.45) is 0 Å². The summed E-state index contributed by atoms with van der Waals surface area (Å²) in [6.45, 7) is 0.385. The number of rotatable bonds is 6. The van der Waals surface area contributed by atoms with E-state index in [0.29, 0.717) is 45.4 Å². The van der Waals surface area contributed by atoms with Gasteiger partial charge in [-0.2, -0.15) is 4.98 Å². The van der Waals surface area contributed by atoms with Crippen LogP contribution in [0.4, 0.5) is 0 Å². The van der Waals surface area contributed by atoms with Crippen LogP contribution >= 0.6 is 39.1 Å². The molecule has 0 saturated carbocycles. The number of methoxy groups -OCH3 is 1. The van der Waals surface area contributed by atoms with E-state index < -0.39 is 0 Å². The number of hydrogen-bond donors (Lipinski definition) is 0. The molecule has 1 aromatic heterocycles. The van der Waals surface area contributed by atoms with Gasteiger partial charge < -0.3 is 14.0 Å². The zero-order valence-electron chi connectivity index (χ0n) is 15.7. The lowest BCUT2D eigenvalue weighted by molar-refractivity contribution is 0.306. The first-order chi connectivity index (χ1) is 14.5. The van der Waals surface area contributed by atoms with E-state index in [1.165, 1.54) is 0 Å². The summed E-state index contributed by atoms with van der Waals surface area (Å²) in [5.74, 6) is 2.05. The predicted octanol–water partition coefficient (Wildman–Crippen LogP) is 7.06. The van der Waals surface area contributed by atoms with E-state index >= 15 is 0 Å². The van der Waals surface area contributed by atoms with Gasteiger partial charge in [0.05, 0.1) is 17.7 Å². The molecule has 3 aromatic carbocycles. The Morgan fingerprint density at radius 2 is 1.73 bits per heavy atom. The first kappa shape index (κ1) is 20.7. The van der Waals surface area contributed by atoms with Gasteiger partial charge in [-0.05, 0) is 54.1 Å². The molecule has 0 unspecified atom stereocenters. The molecule has 152 valence electrons. The minimum atomic E-state index is 0.385. The normalized spacial score (nSPS) is 10.8. The van der Waals surface area contributed by atoms with Crippen molar-refractivity contribution in [3.05, 3.63) is 80.7 Å². The van der Waals surface area contributed by atoms with Crippen molar-refractivity contribution in [3.8, 4) is 34.3 Å². The van der Waals surface area contributed by atoms with Crippen molar-refractivity contribution < 1.29 is 14.0 Å². The van der Waals surface area contributed by atoms with Crippen LogP contribution in [-0.2, 0) is 6.61 Å². The molecular formula is C22H15BrCl2N2O3. The Balaban J connectivity index is 1.49. The largest absolute Gasteiger partial charge is 0.496 e. The summed E-state index contributed by atoms with van der Waals surface area (Å²) < 4.78 is 17.5. The number of ether oxygens (including phenoxy) is 2. The van der Waals surface area contributed by atoms with Crippen LogP contribution in [0.15, 0.2) is 69.7 Å². The van der Waals surface area contributed by atoms with Crippen LogP contribution in [0.3, 0.4) is 0 Å². The van der Waals surface area contributed by atoms with Crippen LogP contribution in [0.2, 0.25) is 10.0 Å². The Labute approximate surface area is 191 Å². The van der Waals surface area contributed by atoms with Crippen LogP contribution in [0, 0.1) is 0 Å². The van der Waals surface area contributed by atoms with Gasteiger partial charge in [0.2, 0.25) is 5.82 Å². The van der Waals surface area contributed by atoms with Gasteiger partial charge in [0.15, 0.2) is 0 Å². The summed E-state index contributed by atoms with van der Waals surface area (Å²) in [6.07, 6.45) is 0. The van der Waals surface area contributed by atoms with E-state index in [9.17, 15) is 0 Å². The van der Waals surface area contributed by atoms with Gasteiger partial charge in [0.1, 0.15) is 18.1 Å². The van der Waals surface area contributed by atoms with Crippen molar-refractivity contribution in [1.82, 2.24) is 10.1 Å². The molecule has 1 heterocycles. The van der Waals surface area contributed by atoms with Crippen LogP contribution in [0.25, 0.3) is 22.8 Å². The van der Waals surface area contributed by atoms with Gasteiger partial charge in [-0.3, -0.25) is 0 Å². The maximum atomic E-state index is 6.19. The standard InChI is InChI=1S/C22H15BrCl2N2O3/c1-28-19-9-7-16(24)11-17(19)21-26-22(30-27-21)14-4-2-13(3-5-14)12-29-20-8-6-15(23)10-18(20)25/h2-11H,12H2,1H3. The molecule has 0 aliphatic carbocycles. The lowest BCUT2D eigenvalue weighted by Gasteiger charge is -2.08. The molecule has 30 heavy (non-hydrogen) atoms. The molecule has 0 aliphatic rings. The van der Waals surface area contributed by atoms with Gasteiger partial charge in [-0.1, -0.05) is 56.4 Å². The Bertz CT molecular complexity index is 1180. The number of nitrogens with zero attached hydrogens (tertiary/aromatic N) is 2. The predicted molar refractivity (Wildman–Crippen MR) is 120 cm³/mol. The molecule has 0 radical (unpaired) electrons. The van der Waals surface area contributed by atoms with Gasteiger partial charge >= 0.3 is 0 Å². The minimum Gasteiger partial charge on any atom is -0.496 e. The number of halogens is 3. The Hall–Kier alpha value is -2.54. The summed E-state index contributed by atoms with van der Waals surface area (Å²) in [5.41, 5.74) is 2.44. The molecular weight excluding hydrogens is 491 g/mol. The molecule has 8 heteroatoms. The lowest BCUT2D eigenvalue weighted by atomic mass is 10.1. The van der Waals surface area contributed by atoms with E-state index in [1.807, 2.05) is 36.4 Å². The minimum absolute atomic E-state index is 0.385. The SMILES string of the molecule is COc1ccc(Cl)cc1-c1noc(-c2ccc(COc3ccc(Br)cc3Cl)cc2)n1. The first-order valence-electron chi connectivity index (χ1n) is 8.88. The second kappa shape index (κ2) is 9.08.